The monoisotopic (exact) mass is 560 g/mol. The van der Waals surface area contributed by atoms with Crippen molar-refractivity contribution in [2.75, 3.05) is 28.2 Å². The Morgan fingerprint density at radius 2 is 0.786 bits per heavy atom. The second kappa shape index (κ2) is 12.0. The highest BCUT2D eigenvalue weighted by atomic mass is 16.6. The molecule has 0 aromatic heterocycles. The molecule has 2 amide bonds. The summed E-state index contributed by atoms with van der Waals surface area (Å²) in [5, 5.41) is 4.62. The van der Waals surface area contributed by atoms with E-state index in [9.17, 15) is 9.59 Å². The molecule has 0 aliphatic carbocycles. The van der Waals surface area contributed by atoms with Gasteiger partial charge in [-0.3, -0.25) is 0 Å². The van der Waals surface area contributed by atoms with Gasteiger partial charge < -0.3 is 19.3 Å². The standard InChI is InChI=1S/C36H36N2O4/c1-23(41-35(39)37(3)4)25-15-19-27(20-16-25)33-29-11-7-9-13-31(29)34(32-14-10-8-12-30(32)33)28-21-17-26(18-22-28)24(2)42-36(40)38(5)6/h7-24H,1-6H3. The van der Waals surface area contributed by atoms with Gasteiger partial charge in [0, 0.05) is 28.2 Å². The predicted octanol–water partition coefficient (Wildman–Crippen LogP) is 8.85. The molecule has 0 N–H and O–H groups in total. The van der Waals surface area contributed by atoms with E-state index in [0.717, 1.165) is 54.9 Å². The molecule has 5 rings (SSSR count). The first-order valence-corrected chi connectivity index (χ1v) is 14.1. The summed E-state index contributed by atoms with van der Waals surface area (Å²) in [6.45, 7) is 3.77. The summed E-state index contributed by atoms with van der Waals surface area (Å²) in [4.78, 5) is 27.0. The van der Waals surface area contributed by atoms with Crippen molar-refractivity contribution in [2.24, 2.45) is 0 Å². The highest BCUT2D eigenvalue weighted by Crippen LogP contribution is 2.43. The van der Waals surface area contributed by atoms with Gasteiger partial charge in [-0.1, -0.05) is 97.1 Å². The van der Waals surface area contributed by atoms with E-state index in [1.54, 1.807) is 28.2 Å². The fourth-order valence-corrected chi connectivity index (χ4v) is 5.24. The maximum absolute atomic E-state index is 12.1. The van der Waals surface area contributed by atoms with Gasteiger partial charge in [0.2, 0.25) is 0 Å². The third-order valence-corrected chi connectivity index (χ3v) is 7.55. The number of fused-ring (bicyclic) bond motifs is 2. The zero-order valence-electron chi connectivity index (χ0n) is 24.9. The van der Waals surface area contributed by atoms with Crippen LogP contribution in [0.2, 0.25) is 0 Å². The van der Waals surface area contributed by atoms with Crippen molar-refractivity contribution in [3.63, 3.8) is 0 Å². The van der Waals surface area contributed by atoms with Crippen LogP contribution in [0.5, 0.6) is 0 Å². The minimum Gasteiger partial charge on any atom is -0.442 e. The Bertz CT molecular complexity index is 1550. The number of hydrogen-bond acceptors (Lipinski definition) is 4. The number of benzene rings is 5. The van der Waals surface area contributed by atoms with Gasteiger partial charge in [0.25, 0.3) is 0 Å². The Labute approximate surface area is 247 Å². The molecule has 0 spiro atoms. The Hall–Kier alpha value is -4.84. The van der Waals surface area contributed by atoms with Crippen molar-refractivity contribution in [1.29, 1.82) is 0 Å². The van der Waals surface area contributed by atoms with Crippen LogP contribution in [0.4, 0.5) is 9.59 Å². The average molecular weight is 561 g/mol. The van der Waals surface area contributed by atoms with Crippen LogP contribution < -0.4 is 0 Å². The molecule has 5 aromatic rings. The molecule has 2 unspecified atom stereocenters. The van der Waals surface area contributed by atoms with Crippen LogP contribution in [-0.4, -0.2) is 50.2 Å². The number of nitrogens with zero attached hydrogens (tertiary/aromatic N) is 2. The van der Waals surface area contributed by atoms with E-state index in [1.807, 2.05) is 38.1 Å². The van der Waals surface area contributed by atoms with Crippen molar-refractivity contribution >= 4 is 33.7 Å². The molecule has 0 aliphatic rings. The van der Waals surface area contributed by atoms with E-state index in [0.29, 0.717) is 0 Å². The zero-order valence-corrected chi connectivity index (χ0v) is 24.9. The lowest BCUT2D eigenvalue weighted by Gasteiger charge is -2.20. The topological polar surface area (TPSA) is 59.1 Å². The molecule has 0 heterocycles. The van der Waals surface area contributed by atoms with Crippen LogP contribution in [0.1, 0.15) is 37.2 Å². The van der Waals surface area contributed by atoms with Gasteiger partial charge >= 0.3 is 12.2 Å². The molecule has 214 valence electrons. The van der Waals surface area contributed by atoms with E-state index in [2.05, 4.69) is 72.8 Å². The first-order valence-electron chi connectivity index (χ1n) is 14.1. The molecule has 0 aliphatic heterocycles. The minimum atomic E-state index is -0.365. The number of ether oxygens (including phenoxy) is 2. The van der Waals surface area contributed by atoms with Crippen LogP contribution in [0.15, 0.2) is 97.1 Å². The zero-order chi connectivity index (χ0) is 30.0. The molecule has 0 saturated carbocycles. The highest BCUT2D eigenvalue weighted by molar-refractivity contribution is 6.21. The summed E-state index contributed by atoms with van der Waals surface area (Å²) in [7, 11) is 6.71. The number of carbonyl (C=O) groups excluding carboxylic acids is 2. The Morgan fingerprint density at radius 1 is 0.500 bits per heavy atom. The van der Waals surface area contributed by atoms with Crippen LogP contribution >= 0.6 is 0 Å². The van der Waals surface area contributed by atoms with Gasteiger partial charge in [0.05, 0.1) is 0 Å². The lowest BCUT2D eigenvalue weighted by atomic mass is 9.85. The molecule has 2 atom stereocenters. The lowest BCUT2D eigenvalue weighted by Crippen LogP contribution is -2.23. The number of rotatable bonds is 6. The molecule has 6 heteroatoms. The van der Waals surface area contributed by atoms with Gasteiger partial charge in [-0.2, -0.15) is 0 Å². The largest absolute Gasteiger partial charge is 0.442 e. The van der Waals surface area contributed by atoms with Crippen LogP contribution in [0.3, 0.4) is 0 Å². The second-order valence-electron chi connectivity index (χ2n) is 10.9. The van der Waals surface area contributed by atoms with Gasteiger partial charge in [-0.15, -0.1) is 0 Å². The summed E-state index contributed by atoms with van der Waals surface area (Å²) in [5.74, 6) is 0. The highest BCUT2D eigenvalue weighted by Gasteiger charge is 2.19. The van der Waals surface area contributed by atoms with Crippen LogP contribution in [-0.2, 0) is 9.47 Å². The summed E-state index contributed by atoms with van der Waals surface area (Å²) in [5.41, 5.74) is 6.38. The molecule has 0 saturated heterocycles. The SMILES string of the molecule is CC(OC(=O)N(C)C)c1ccc(-c2c3ccccc3c(-c3ccc(C(C)OC(=O)N(C)C)cc3)c3ccccc23)cc1. The number of hydrogen-bond donors (Lipinski definition) is 0. The van der Waals surface area contributed by atoms with Gasteiger partial charge in [-0.05, 0) is 68.8 Å². The molecule has 42 heavy (non-hydrogen) atoms. The molecule has 6 nitrogen and oxygen atoms in total. The molecule has 0 radical (unpaired) electrons. The number of amides is 2. The fraction of sp³-hybridized carbons (Fsp3) is 0.222. The normalized spacial score (nSPS) is 12.5. The molecular formula is C36H36N2O4. The van der Waals surface area contributed by atoms with Gasteiger partial charge in [0.1, 0.15) is 12.2 Å². The Kier molecular flexibility index (Phi) is 8.16. The van der Waals surface area contributed by atoms with E-state index >= 15 is 0 Å². The van der Waals surface area contributed by atoms with E-state index in [-0.39, 0.29) is 24.4 Å². The minimum absolute atomic E-state index is 0.359. The van der Waals surface area contributed by atoms with E-state index in [1.165, 1.54) is 9.80 Å². The summed E-state index contributed by atoms with van der Waals surface area (Å²) < 4.78 is 11.1. The first-order chi connectivity index (χ1) is 20.2. The van der Waals surface area contributed by atoms with Crippen LogP contribution in [0, 0.1) is 0 Å². The first kappa shape index (κ1) is 28.7. The maximum Gasteiger partial charge on any atom is 0.409 e. The quantitative estimate of drug-likeness (QED) is 0.195. The van der Waals surface area contributed by atoms with E-state index in [4.69, 9.17) is 9.47 Å². The molecule has 0 fully saturated rings. The number of carbonyl (C=O) groups is 2. The maximum atomic E-state index is 12.1. The molecule has 5 aromatic carbocycles. The van der Waals surface area contributed by atoms with Crippen molar-refractivity contribution in [1.82, 2.24) is 9.80 Å². The third kappa shape index (κ3) is 5.66. The molecular weight excluding hydrogens is 524 g/mol. The summed E-state index contributed by atoms with van der Waals surface area (Å²) >= 11 is 0. The van der Waals surface area contributed by atoms with E-state index < -0.39 is 0 Å². The Balaban J connectivity index is 1.58. The van der Waals surface area contributed by atoms with Crippen molar-refractivity contribution in [3.8, 4) is 22.3 Å². The third-order valence-electron chi connectivity index (χ3n) is 7.55. The van der Waals surface area contributed by atoms with Crippen LogP contribution in [0.25, 0.3) is 43.8 Å². The lowest BCUT2D eigenvalue weighted by molar-refractivity contribution is 0.0819. The fourth-order valence-electron chi connectivity index (χ4n) is 5.24. The smallest absolute Gasteiger partial charge is 0.409 e. The summed E-state index contributed by atoms with van der Waals surface area (Å²) in [6, 6.07) is 33.5. The summed E-state index contributed by atoms with van der Waals surface area (Å²) in [6.07, 6.45) is -1.45. The van der Waals surface area contributed by atoms with Crippen molar-refractivity contribution in [2.45, 2.75) is 26.1 Å². The second-order valence-corrected chi connectivity index (χ2v) is 10.9. The Morgan fingerprint density at radius 3 is 1.05 bits per heavy atom. The predicted molar refractivity (Wildman–Crippen MR) is 169 cm³/mol. The van der Waals surface area contributed by atoms with Gasteiger partial charge in [0.15, 0.2) is 0 Å². The molecule has 0 bridgehead atoms. The van der Waals surface area contributed by atoms with Crippen molar-refractivity contribution < 1.29 is 19.1 Å². The van der Waals surface area contributed by atoms with Gasteiger partial charge in [-0.25, -0.2) is 9.59 Å². The van der Waals surface area contributed by atoms with Crippen molar-refractivity contribution in [3.05, 3.63) is 108 Å². The average Bonchev–Trinajstić information content (AvgIpc) is 2.99.